The minimum absolute atomic E-state index is 0.0171. The lowest BCUT2D eigenvalue weighted by Gasteiger charge is -2.14. The van der Waals surface area contributed by atoms with E-state index in [0.717, 1.165) is 5.01 Å². The van der Waals surface area contributed by atoms with Crippen molar-refractivity contribution in [3.8, 4) is 5.75 Å². The molecule has 0 heterocycles. The van der Waals surface area contributed by atoms with Crippen LogP contribution in [0.25, 0.3) is 0 Å². The molecule has 1 unspecified atom stereocenters. The third-order valence-corrected chi connectivity index (χ3v) is 2.55. The minimum Gasteiger partial charge on any atom is -0.435 e. The number of amides is 1. The molecule has 1 aromatic rings. The number of hydrazone groups is 1. The fraction of sp³-hybridized carbons (Fsp3) is 0.308. The number of ether oxygens (including phenoxy) is 1. The molecule has 7 heteroatoms. The Morgan fingerprint density at radius 1 is 1.30 bits per heavy atom. The maximum atomic E-state index is 12.0. The Morgan fingerprint density at radius 3 is 2.35 bits per heavy atom. The molecule has 1 amide bonds. The van der Waals surface area contributed by atoms with Gasteiger partial charge in [-0.15, -0.1) is 0 Å². The number of halogens is 2. The molecule has 0 saturated heterocycles. The van der Waals surface area contributed by atoms with Crippen LogP contribution in [0, 0.1) is 5.92 Å². The van der Waals surface area contributed by atoms with Crippen molar-refractivity contribution in [2.75, 3.05) is 5.01 Å². The SMILES string of the molecule is C/C(=N/N(C=O)c1ccc(OC(F)F)cc1)C(C)C=O. The molecule has 0 aliphatic rings. The van der Waals surface area contributed by atoms with Crippen LogP contribution < -0.4 is 9.75 Å². The van der Waals surface area contributed by atoms with Gasteiger partial charge in [0.2, 0.25) is 6.41 Å². The molecule has 0 aromatic heterocycles. The van der Waals surface area contributed by atoms with Crippen LogP contribution in [0.5, 0.6) is 5.75 Å². The lowest BCUT2D eigenvalue weighted by molar-refractivity contribution is -0.109. The average Bonchev–Trinajstić information content (AvgIpc) is 2.44. The van der Waals surface area contributed by atoms with Gasteiger partial charge in [0.05, 0.1) is 11.6 Å². The highest BCUT2D eigenvalue weighted by Crippen LogP contribution is 2.20. The summed E-state index contributed by atoms with van der Waals surface area (Å²) in [6.07, 6.45) is 1.17. The molecule has 5 nitrogen and oxygen atoms in total. The zero-order valence-electron chi connectivity index (χ0n) is 11.0. The van der Waals surface area contributed by atoms with Gasteiger partial charge >= 0.3 is 6.61 Å². The predicted octanol–water partition coefficient (Wildman–Crippen LogP) is 2.46. The van der Waals surface area contributed by atoms with E-state index in [-0.39, 0.29) is 5.75 Å². The van der Waals surface area contributed by atoms with Gasteiger partial charge in [-0.1, -0.05) is 6.92 Å². The number of aldehydes is 1. The van der Waals surface area contributed by atoms with Crippen LogP contribution in [-0.2, 0) is 9.59 Å². The van der Waals surface area contributed by atoms with Gasteiger partial charge in [-0.3, -0.25) is 4.79 Å². The van der Waals surface area contributed by atoms with E-state index in [1.807, 2.05) is 0 Å². The Balaban J connectivity index is 2.90. The van der Waals surface area contributed by atoms with E-state index in [1.54, 1.807) is 13.8 Å². The molecule has 0 aliphatic heterocycles. The number of alkyl halides is 2. The molecule has 20 heavy (non-hydrogen) atoms. The average molecular weight is 284 g/mol. The van der Waals surface area contributed by atoms with Crippen LogP contribution in [-0.4, -0.2) is 25.0 Å². The highest BCUT2D eigenvalue weighted by atomic mass is 19.3. The number of carbonyl (C=O) groups excluding carboxylic acids is 2. The molecule has 0 saturated carbocycles. The first kappa shape index (κ1) is 15.7. The van der Waals surface area contributed by atoms with Crippen molar-refractivity contribution in [3.05, 3.63) is 24.3 Å². The molecule has 0 bridgehead atoms. The Bertz CT molecular complexity index is 489. The van der Waals surface area contributed by atoms with Crippen LogP contribution in [0.1, 0.15) is 13.8 Å². The van der Waals surface area contributed by atoms with Gasteiger partial charge in [-0.25, -0.2) is 5.01 Å². The van der Waals surface area contributed by atoms with E-state index in [2.05, 4.69) is 9.84 Å². The molecule has 1 rings (SSSR count). The second-order valence-electron chi connectivity index (χ2n) is 3.99. The van der Waals surface area contributed by atoms with Gasteiger partial charge < -0.3 is 9.53 Å². The summed E-state index contributed by atoms with van der Waals surface area (Å²) in [6.45, 7) is 0.356. The molecule has 0 spiro atoms. The number of rotatable bonds is 7. The number of anilines is 1. The standard InChI is InChI=1S/C13H14F2N2O3/c1-9(7-18)10(2)16-17(8-19)11-3-5-12(6-4-11)20-13(14)15/h3-9,13H,1-2H3/b16-10-. The highest BCUT2D eigenvalue weighted by molar-refractivity contribution is 5.96. The van der Waals surface area contributed by atoms with E-state index in [1.165, 1.54) is 24.3 Å². The van der Waals surface area contributed by atoms with Gasteiger partial charge in [-0.05, 0) is 31.2 Å². The van der Waals surface area contributed by atoms with Crippen molar-refractivity contribution >= 4 is 24.1 Å². The van der Waals surface area contributed by atoms with Gasteiger partial charge in [0.25, 0.3) is 0 Å². The molecule has 0 N–H and O–H groups in total. The summed E-state index contributed by atoms with van der Waals surface area (Å²) in [4.78, 5) is 21.6. The van der Waals surface area contributed by atoms with Crippen LogP contribution >= 0.6 is 0 Å². The van der Waals surface area contributed by atoms with Gasteiger partial charge in [0.1, 0.15) is 12.0 Å². The van der Waals surface area contributed by atoms with E-state index in [4.69, 9.17) is 0 Å². The Labute approximate surface area is 114 Å². The Hall–Kier alpha value is -2.31. The molecular weight excluding hydrogens is 270 g/mol. The third-order valence-electron chi connectivity index (χ3n) is 2.55. The normalized spacial score (nSPS) is 12.9. The summed E-state index contributed by atoms with van der Waals surface area (Å²) in [7, 11) is 0. The fourth-order valence-electron chi connectivity index (χ4n) is 1.28. The lowest BCUT2D eigenvalue weighted by atomic mass is 10.1. The smallest absolute Gasteiger partial charge is 0.387 e. The molecule has 0 aliphatic carbocycles. The number of carbonyl (C=O) groups is 2. The maximum Gasteiger partial charge on any atom is 0.387 e. The second-order valence-corrected chi connectivity index (χ2v) is 3.99. The van der Waals surface area contributed by atoms with E-state index in [9.17, 15) is 18.4 Å². The van der Waals surface area contributed by atoms with Gasteiger partial charge in [0, 0.05) is 5.71 Å². The van der Waals surface area contributed by atoms with E-state index < -0.39 is 12.5 Å². The first-order valence-electron chi connectivity index (χ1n) is 5.77. The summed E-state index contributed by atoms with van der Waals surface area (Å²) in [5.74, 6) is -0.435. The maximum absolute atomic E-state index is 12.0. The minimum atomic E-state index is -2.91. The number of hydrogen-bond donors (Lipinski definition) is 0. The van der Waals surface area contributed by atoms with Gasteiger partial charge in [-0.2, -0.15) is 13.9 Å². The van der Waals surface area contributed by atoms with E-state index >= 15 is 0 Å². The zero-order valence-corrected chi connectivity index (χ0v) is 11.0. The highest BCUT2D eigenvalue weighted by Gasteiger charge is 2.10. The summed E-state index contributed by atoms with van der Waals surface area (Å²) in [5, 5.41) is 5.00. The third kappa shape index (κ3) is 4.42. The predicted molar refractivity (Wildman–Crippen MR) is 70.0 cm³/mol. The van der Waals surface area contributed by atoms with Crippen LogP contribution in [0.15, 0.2) is 29.4 Å². The van der Waals surface area contributed by atoms with Crippen LogP contribution in [0.4, 0.5) is 14.5 Å². The number of nitrogens with zero attached hydrogens (tertiary/aromatic N) is 2. The molecule has 108 valence electrons. The first-order chi connectivity index (χ1) is 9.47. The molecule has 1 aromatic carbocycles. The molecular formula is C13H14F2N2O3. The summed E-state index contributed by atoms with van der Waals surface area (Å²) in [5.41, 5.74) is 0.832. The molecule has 1 atom stereocenters. The van der Waals surface area contributed by atoms with E-state index in [0.29, 0.717) is 24.1 Å². The summed E-state index contributed by atoms with van der Waals surface area (Å²) in [6, 6.07) is 5.42. The quantitative estimate of drug-likeness (QED) is 0.439. The fourth-order valence-corrected chi connectivity index (χ4v) is 1.28. The van der Waals surface area contributed by atoms with Crippen molar-refractivity contribution in [2.24, 2.45) is 11.0 Å². The second kappa shape index (κ2) is 7.32. The number of benzene rings is 1. The summed E-state index contributed by atoms with van der Waals surface area (Å²) < 4.78 is 28.2. The largest absolute Gasteiger partial charge is 0.435 e. The Morgan fingerprint density at radius 2 is 1.90 bits per heavy atom. The van der Waals surface area contributed by atoms with Crippen molar-refractivity contribution in [3.63, 3.8) is 0 Å². The summed E-state index contributed by atoms with van der Waals surface area (Å²) >= 11 is 0. The van der Waals surface area contributed by atoms with Crippen molar-refractivity contribution in [1.82, 2.24) is 0 Å². The van der Waals surface area contributed by atoms with Crippen molar-refractivity contribution < 1.29 is 23.1 Å². The topological polar surface area (TPSA) is 59.0 Å². The van der Waals surface area contributed by atoms with Crippen LogP contribution in [0.3, 0.4) is 0 Å². The van der Waals surface area contributed by atoms with Gasteiger partial charge in [0.15, 0.2) is 0 Å². The molecule has 0 radical (unpaired) electrons. The zero-order chi connectivity index (χ0) is 15.1. The Kier molecular flexibility index (Phi) is 5.76. The number of hydrogen-bond acceptors (Lipinski definition) is 4. The monoisotopic (exact) mass is 284 g/mol. The van der Waals surface area contributed by atoms with Crippen molar-refractivity contribution in [2.45, 2.75) is 20.5 Å². The molecule has 0 fully saturated rings. The van der Waals surface area contributed by atoms with Crippen molar-refractivity contribution in [1.29, 1.82) is 0 Å². The first-order valence-corrected chi connectivity index (χ1v) is 5.77. The van der Waals surface area contributed by atoms with Crippen LogP contribution in [0.2, 0.25) is 0 Å². The lowest BCUT2D eigenvalue weighted by Crippen LogP contribution is -2.19.